The van der Waals surface area contributed by atoms with Crippen LogP contribution in [0.2, 0.25) is 0 Å². The number of aldehydes is 1. The second-order valence-electron chi connectivity index (χ2n) is 3.91. The molecule has 1 aliphatic rings. The van der Waals surface area contributed by atoms with Gasteiger partial charge in [-0.15, -0.1) is 0 Å². The molecule has 0 radical (unpaired) electrons. The third kappa shape index (κ3) is 3.77. The van der Waals surface area contributed by atoms with Gasteiger partial charge in [-0.25, -0.2) is 4.79 Å². The average molecular weight is 199 g/mol. The SMILES string of the molecule is O=CCCC1CCC(NC(=O)O)CC1. The van der Waals surface area contributed by atoms with Gasteiger partial charge in [-0.2, -0.15) is 0 Å². The van der Waals surface area contributed by atoms with E-state index in [0.717, 1.165) is 38.4 Å². The van der Waals surface area contributed by atoms with Crippen molar-refractivity contribution in [1.29, 1.82) is 0 Å². The van der Waals surface area contributed by atoms with Gasteiger partial charge in [0.05, 0.1) is 0 Å². The van der Waals surface area contributed by atoms with Crippen LogP contribution in [-0.2, 0) is 4.79 Å². The van der Waals surface area contributed by atoms with E-state index in [4.69, 9.17) is 5.11 Å². The number of hydrogen-bond acceptors (Lipinski definition) is 2. The quantitative estimate of drug-likeness (QED) is 0.678. The highest BCUT2D eigenvalue weighted by Crippen LogP contribution is 2.27. The maximum atomic E-state index is 10.4. The van der Waals surface area contributed by atoms with Crippen molar-refractivity contribution in [3.63, 3.8) is 0 Å². The lowest BCUT2D eigenvalue weighted by Gasteiger charge is -2.27. The number of hydrogen-bond donors (Lipinski definition) is 2. The van der Waals surface area contributed by atoms with Crippen LogP contribution in [-0.4, -0.2) is 23.5 Å². The van der Waals surface area contributed by atoms with E-state index in [0.29, 0.717) is 12.3 Å². The zero-order valence-corrected chi connectivity index (χ0v) is 8.24. The molecule has 14 heavy (non-hydrogen) atoms. The molecule has 1 rings (SSSR count). The summed E-state index contributed by atoms with van der Waals surface area (Å²) in [6.07, 6.45) is 5.54. The van der Waals surface area contributed by atoms with Crippen molar-refractivity contribution in [2.75, 3.05) is 0 Å². The van der Waals surface area contributed by atoms with E-state index < -0.39 is 6.09 Å². The number of amides is 1. The molecule has 0 unspecified atom stereocenters. The van der Waals surface area contributed by atoms with Crippen LogP contribution in [0.4, 0.5) is 4.79 Å². The van der Waals surface area contributed by atoms with Crippen LogP contribution in [0.25, 0.3) is 0 Å². The Morgan fingerprint density at radius 3 is 2.50 bits per heavy atom. The van der Waals surface area contributed by atoms with Crippen LogP contribution in [0.5, 0.6) is 0 Å². The molecule has 4 nitrogen and oxygen atoms in total. The first-order valence-corrected chi connectivity index (χ1v) is 5.15. The summed E-state index contributed by atoms with van der Waals surface area (Å²) in [6, 6.07) is 0.125. The third-order valence-electron chi connectivity index (χ3n) is 2.87. The highest BCUT2D eigenvalue weighted by atomic mass is 16.4. The van der Waals surface area contributed by atoms with Crippen LogP contribution in [0.3, 0.4) is 0 Å². The van der Waals surface area contributed by atoms with E-state index in [2.05, 4.69) is 5.32 Å². The Kier molecular flexibility index (Phi) is 4.43. The minimum absolute atomic E-state index is 0.125. The van der Waals surface area contributed by atoms with Crippen molar-refractivity contribution in [2.45, 2.75) is 44.6 Å². The molecule has 0 spiro atoms. The largest absolute Gasteiger partial charge is 0.465 e. The lowest BCUT2D eigenvalue weighted by atomic mass is 9.83. The van der Waals surface area contributed by atoms with Gasteiger partial charge in [-0.3, -0.25) is 0 Å². The molecule has 0 aliphatic heterocycles. The van der Waals surface area contributed by atoms with Gasteiger partial charge in [-0.05, 0) is 38.0 Å². The highest BCUT2D eigenvalue weighted by Gasteiger charge is 2.21. The van der Waals surface area contributed by atoms with Gasteiger partial charge in [0.2, 0.25) is 0 Å². The molecule has 0 aromatic heterocycles. The molecular formula is C10H17NO3. The summed E-state index contributed by atoms with van der Waals surface area (Å²) in [5.74, 6) is 0.618. The van der Waals surface area contributed by atoms with Crippen LogP contribution < -0.4 is 5.32 Å². The molecule has 0 heterocycles. The van der Waals surface area contributed by atoms with Crippen molar-refractivity contribution < 1.29 is 14.7 Å². The van der Waals surface area contributed by atoms with Gasteiger partial charge in [0.15, 0.2) is 0 Å². The minimum atomic E-state index is -0.929. The predicted octanol–water partition coefficient (Wildman–Crippen LogP) is 1.79. The summed E-state index contributed by atoms with van der Waals surface area (Å²) >= 11 is 0. The van der Waals surface area contributed by atoms with Gasteiger partial charge >= 0.3 is 6.09 Å². The molecule has 1 fully saturated rings. The predicted molar refractivity (Wildman–Crippen MR) is 52.2 cm³/mol. The Bertz CT molecular complexity index is 198. The Balaban J connectivity index is 2.17. The third-order valence-corrected chi connectivity index (χ3v) is 2.87. The first kappa shape index (κ1) is 11.0. The smallest absolute Gasteiger partial charge is 0.404 e. The molecule has 80 valence electrons. The number of carboxylic acid groups (broad SMARTS) is 1. The summed E-state index contributed by atoms with van der Waals surface area (Å²) < 4.78 is 0. The Morgan fingerprint density at radius 2 is 2.00 bits per heavy atom. The van der Waals surface area contributed by atoms with Crippen LogP contribution in [0.15, 0.2) is 0 Å². The summed E-state index contributed by atoms with van der Waals surface area (Å²) in [6.45, 7) is 0. The fourth-order valence-electron chi connectivity index (χ4n) is 2.07. The van der Waals surface area contributed by atoms with E-state index in [1.54, 1.807) is 0 Å². The van der Waals surface area contributed by atoms with Crippen LogP contribution in [0, 0.1) is 5.92 Å². The number of carbonyl (C=O) groups is 2. The molecule has 0 aromatic carbocycles. The zero-order chi connectivity index (χ0) is 10.4. The Hall–Kier alpha value is -1.06. The Morgan fingerprint density at radius 1 is 1.36 bits per heavy atom. The molecule has 0 aromatic rings. The normalized spacial score (nSPS) is 26.9. The van der Waals surface area contributed by atoms with Gasteiger partial charge in [0.1, 0.15) is 6.29 Å². The van der Waals surface area contributed by atoms with E-state index in [9.17, 15) is 9.59 Å². The van der Waals surface area contributed by atoms with Crippen molar-refractivity contribution in [1.82, 2.24) is 5.32 Å². The fraction of sp³-hybridized carbons (Fsp3) is 0.800. The van der Waals surface area contributed by atoms with Gasteiger partial charge in [0.25, 0.3) is 0 Å². The maximum Gasteiger partial charge on any atom is 0.404 e. The van der Waals surface area contributed by atoms with Crippen LogP contribution >= 0.6 is 0 Å². The van der Waals surface area contributed by atoms with Gasteiger partial charge in [0, 0.05) is 12.5 Å². The van der Waals surface area contributed by atoms with E-state index in [1.807, 2.05) is 0 Å². The lowest BCUT2D eigenvalue weighted by Crippen LogP contribution is -2.36. The molecule has 4 heteroatoms. The van der Waals surface area contributed by atoms with Crippen LogP contribution in [0.1, 0.15) is 38.5 Å². The average Bonchev–Trinajstić information content (AvgIpc) is 2.16. The second-order valence-corrected chi connectivity index (χ2v) is 3.91. The summed E-state index contributed by atoms with van der Waals surface area (Å²) in [5.41, 5.74) is 0. The van der Waals surface area contributed by atoms with Gasteiger partial charge < -0.3 is 15.2 Å². The fourth-order valence-corrected chi connectivity index (χ4v) is 2.07. The molecule has 0 bridgehead atoms. The summed E-state index contributed by atoms with van der Waals surface area (Å²) in [7, 11) is 0. The molecule has 1 aliphatic carbocycles. The topological polar surface area (TPSA) is 66.4 Å². The lowest BCUT2D eigenvalue weighted by molar-refractivity contribution is -0.108. The number of nitrogens with one attached hydrogen (secondary N) is 1. The zero-order valence-electron chi connectivity index (χ0n) is 8.24. The van der Waals surface area contributed by atoms with Crippen molar-refractivity contribution in [2.24, 2.45) is 5.92 Å². The molecule has 1 saturated carbocycles. The standard InChI is InChI=1S/C10H17NO3/c12-7-1-2-8-3-5-9(6-4-8)11-10(13)14/h7-9,11H,1-6H2,(H,13,14). The van der Waals surface area contributed by atoms with Crippen molar-refractivity contribution >= 4 is 12.4 Å². The van der Waals surface area contributed by atoms with Crippen molar-refractivity contribution in [3.05, 3.63) is 0 Å². The van der Waals surface area contributed by atoms with Crippen molar-refractivity contribution in [3.8, 4) is 0 Å². The monoisotopic (exact) mass is 199 g/mol. The summed E-state index contributed by atoms with van der Waals surface area (Å²) in [5, 5.41) is 11.0. The highest BCUT2D eigenvalue weighted by molar-refractivity contribution is 5.64. The molecular weight excluding hydrogens is 182 g/mol. The van der Waals surface area contributed by atoms with E-state index >= 15 is 0 Å². The molecule has 2 N–H and O–H groups in total. The first-order chi connectivity index (χ1) is 6.72. The first-order valence-electron chi connectivity index (χ1n) is 5.15. The summed E-state index contributed by atoms with van der Waals surface area (Å²) in [4.78, 5) is 20.5. The molecule has 0 atom stereocenters. The van der Waals surface area contributed by atoms with Gasteiger partial charge in [-0.1, -0.05) is 0 Å². The molecule has 1 amide bonds. The second kappa shape index (κ2) is 5.62. The number of rotatable bonds is 4. The van der Waals surface area contributed by atoms with E-state index in [-0.39, 0.29) is 6.04 Å². The number of carbonyl (C=O) groups excluding carboxylic acids is 1. The molecule has 0 saturated heterocycles. The Labute approximate surface area is 83.7 Å². The van der Waals surface area contributed by atoms with E-state index in [1.165, 1.54) is 0 Å². The minimum Gasteiger partial charge on any atom is -0.465 e. The maximum absolute atomic E-state index is 10.4.